The van der Waals surface area contributed by atoms with Crippen molar-refractivity contribution in [3.63, 3.8) is 0 Å². The zero-order valence-electron chi connectivity index (χ0n) is 9.69. The van der Waals surface area contributed by atoms with Crippen LogP contribution in [0.4, 0.5) is 4.39 Å². The monoisotopic (exact) mass is 266 g/mol. The van der Waals surface area contributed by atoms with Crippen LogP contribution in [0.1, 0.15) is 23.0 Å². The summed E-state index contributed by atoms with van der Waals surface area (Å²) in [4.78, 5) is 8.34. The topological polar surface area (TPSA) is 63.8 Å². The summed E-state index contributed by atoms with van der Waals surface area (Å²) >= 11 is 6.04. The van der Waals surface area contributed by atoms with E-state index in [2.05, 4.69) is 15.4 Å². The fraction of sp³-hybridized carbons (Fsp3) is 0.167. The van der Waals surface area contributed by atoms with E-state index in [0.29, 0.717) is 16.3 Å². The second-order valence-electron chi connectivity index (χ2n) is 3.85. The maximum atomic E-state index is 13.3. The molecule has 0 saturated heterocycles. The molecule has 18 heavy (non-hydrogen) atoms. The van der Waals surface area contributed by atoms with Gasteiger partial charge in [-0.25, -0.2) is 9.82 Å². The van der Waals surface area contributed by atoms with Gasteiger partial charge in [0.2, 0.25) is 0 Å². The van der Waals surface area contributed by atoms with Crippen LogP contribution in [0.5, 0.6) is 0 Å². The molecule has 1 heterocycles. The van der Waals surface area contributed by atoms with Crippen molar-refractivity contribution in [2.75, 3.05) is 0 Å². The number of benzene rings is 1. The van der Waals surface area contributed by atoms with Crippen molar-refractivity contribution < 1.29 is 4.39 Å². The quantitative estimate of drug-likeness (QED) is 0.660. The first kappa shape index (κ1) is 12.9. The van der Waals surface area contributed by atoms with Gasteiger partial charge in [-0.3, -0.25) is 15.8 Å². The number of aromatic nitrogens is 2. The van der Waals surface area contributed by atoms with E-state index < -0.39 is 6.04 Å². The molecule has 0 fully saturated rings. The molecule has 2 rings (SSSR count). The Balaban J connectivity index is 2.44. The van der Waals surface area contributed by atoms with Crippen molar-refractivity contribution in [3.05, 3.63) is 58.4 Å². The van der Waals surface area contributed by atoms with Gasteiger partial charge in [0.25, 0.3) is 0 Å². The summed E-state index contributed by atoms with van der Waals surface area (Å²) in [6, 6.07) is 3.61. The van der Waals surface area contributed by atoms with Gasteiger partial charge in [0.05, 0.1) is 23.6 Å². The Morgan fingerprint density at radius 1 is 1.33 bits per heavy atom. The van der Waals surface area contributed by atoms with Gasteiger partial charge in [-0.1, -0.05) is 11.6 Å². The van der Waals surface area contributed by atoms with Crippen LogP contribution >= 0.6 is 11.6 Å². The minimum Gasteiger partial charge on any atom is -0.271 e. The molecule has 0 saturated carbocycles. The van der Waals surface area contributed by atoms with Crippen molar-refractivity contribution in [1.29, 1.82) is 0 Å². The van der Waals surface area contributed by atoms with Crippen LogP contribution in [0.25, 0.3) is 0 Å². The third-order valence-corrected chi connectivity index (χ3v) is 2.88. The second-order valence-corrected chi connectivity index (χ2v) is 4.26. The molecule has 0 radical (unpaired) electrons. The molecular weight excluding hydrogens is 255 g/mol. The lowest BCUT2D eigenvalue weighted by Gasteiger charge is -2.17. The van der Waals surface area contributed by atoms with E-state index in [0.717, 1.165) is 5.69 Å². The van der Waals surface area contributed by atoms with Crippen molar-refractivity contribution in [1.82, 2.24) is 15.4 Å². The number of aryl methyl sites for hydroxylation is 1. The highest BCUT2D eigenvalue weighted by molar-refractivity contribution is 6.31. The fourth-order valence-electron chi connectivity index (χ4n) is 1.62. The van der Waals surface area contributed by atoms with Crippen LogP contribution in [0.15, 0.2) is 30.6 Å². The Bertz CT molecular complexity index is 544. The number of rotatable bonds is 3. The number of hydrogen-bond acceptors (Lipinski definition) is 4. The van der Waals surface area contributed by atoms with E-state index in [-0.39, 0.29) is 5.82 Å². The SMILES string of the molecule is Cc1cnc(C(NN)c2cc(F)ccc2Cl)cn1. The van der Waals surface area contributed by atoms with E-state index in [1.54, 1.807) is 12.4 Å². The summed E-state index contributed by atoms with van der Waals surface area (Å²) < 4.78 is 13.3. The number of halogens is 2. The second kappa shape index (κ2) is 5.39. The van der Waals surface area contributed by atoms with Crippen LogP contribution in [-0.2, 0) is 0 Å². The number of hydrogen-bond donors (Lipinski definition) is 2. The number of nitrogens with two attached hydrogens (primary N) is 1. The van der Waals surface area contributed by atoms with Gasteiger partial charge in [0.15, 0.2) is 0 Å². The van der Waals surface area contributed by atoms with E-state index in [1.807, 2.05) is 6.92 Å². The molecule has 0 aliphatic carbocycles. The summed E-state index contributed by atoms with van der Waals surface area (Å²) in [6.07, 6.45) is 3.20. The van der Waals surface area contributed by atoms with Crippen molar-refractivity contribution in [2.24, 2.45) is 5.84 Å². The highest BCUT2D eigenvalue weighted by Crippen LogP contribution is 2.27. The van der Waals surface area contributed by atoms with E-state index in [1.165, 1.54) is 18.2 Å². The molecule has 0 spiro atoms. The van der Waals surface area contributed by atoms with E-state index in [4.69, 9.17) is 17.4 Å². The van der Waals surface area contributed by atoms with Gasteiger partial charge in [-0.2, -0.15) is 0 Å². The predicted octanol–water partition coefficient (Wildman–Crippen LogP) is 2.13. The molecule has 94 valence electrons. The number of hydrazine groups is 1. The molecule has 1 aromatic heterocycles. The average molecular weight is 267 g/mol. The maximum absolute atomic E-state index is 13.3. The molecule has 2 aromatic rings. The molecule has 3 N–H and O–H groups in total. The molecule has 0 aliphatic heterocycles. The highest BCUT2D eigenvalue weighted by atomic mass is 35.5. The van der Waals surface area contributed by atoms with Crippen LogP contribution < -0.4 is 11.3 Å². The maximum Gasteiger partial charge on any atom is 0.123 e. The predicted molar refractivity (Wildman–Crippen MR) is 67.3 cm³/mol. The standard InChI is InChI=1S/C12H12ClFN4/c1-7-5-17-11(6-16-7)12(18-15)9-4-8(14)2-3-10(9)13/h2-6,12,18H,15H2,1H3. The van der Waals surface area contributed by atoms with Gasteiger partial charge in [-0.05, 0) is 30.7 Å². The van der Waals surface area contributed by atoms with Gasteiger partial charge in [0, 0.05) is 11.2 Å². The third kappa shape index (κ3) is 2.64. The minimum absolute atomic E-state index is 0.380. The molecule has 0 amide bonds. The average Bonchev–Trinajstić information content (AvgIpc) is 2.37. The molecule has 4 nitrogen and oxygen atoms in total. The Morgan fingerprint density at radius 3 is 2.72 bits per heavy atom. The highest BCUT2D eigenvalue weighted by Gasteiger charge is 2.18. The zero-order chi connectivity index (χ0) is 13.1. The Kier molecular flexibility index (Phi) is 3.86. The van der Waals surface area contributed by atoms with Crippen molar-refractivity contribution in [3.8, 4) is 0 Å². The minimum atomic E-state index is -0.499. The summed E-state index contributed by atoms with van der Waals surface area (Å²) in [7, 11) is 0. The molecule has 0 bridgehead atoms. The first-order chi connectivity index (χ1) is 8.61. The van der Waals surface area contributed by atoms with Gasteiger partial charge in [-0.15, -0.1) is 0 Å². The summed E-state index contributed by atoms with van der Waals surface area (Å²) in [5.41, 5.74) is 4.46. The summed E-state index contributed by atoms with van der Waals surface area (Å²) in [5.74, 6) is 5.12. The Labute approximate surface area is 109 Å². The van der Waals surface area contributed by atoms with Crippen molar-refractivity contribution in [2.45, 2.75) is 13.0 Å². The molecule has 1 unspecified atom stereocenters. The summed E-state index contributed by atoms with van der Waals surface area (Å²) in [5, 5.41) is 0.418. The van der Waals surface area contributed by atoms with E-state index in [9.17, 15) is 4.39 Å². The molecule has 0 aliphatic rings. The first-order valence-corrected chi connectivity index (χ1v) is 5.69. The first-order valence-electron chi connectivity index (χ1n) is 5.31. The lowest BCUT2D eigenvalue weighted by atomic mass is 10.0. The summed E-state index contributed by atoms with van der Waals surface area (Å²) in [6.45, 7) is 1.83. The van der Waals surface area contributed by atoms with Crippen LogP contribution in [0.3, 0.4) is 0 Å². The molecule has 6 heteroatoms. The normalized spacial score (nSPS) is 12.4. The van der Waals surface area contributed by atoms with Crippen molar-refractivity contribution >= 4 is 11.6 Å². The largest absolute Gasteiger partial charge is 0.271 e. The van der Waals surface area contributed by atoms with Crippen LogP contribution in [0, 0.1) is 12.7 Å². The van der Waals surface area contributed by atoms with Crippen LogP contribution in [0.2, 0.25) is 5.02 Å². The Morgan fingerprint density at radius 2 is 2.11 bits per heavy atom. The zero-order valence-corrected chi connectivity index (χ0v) is 10.4. The number of nitrogens with one attached hydrogen (secondary N) is 1. The smallest absolute Gasteiger partial charge is 0.123 e. The van der Waals surface area contributed by atoms with E-state index >= 15 is 0 Å². The van der Waals surface area contributed by atoms with Gasteiger partial charge < -0.3 is 0 Å². The van der Waals surface area contributed by atoms with Crippen LogP contribution in [-0.4, -0.2) is 9.97 Å². The molecule has 1 aromatic carbocycles. The van der Waals surface area contributed by atoms with Gasteiger partial charge >= 0.3 is 0 Å². The third-order valence-electron chi connectivity index (χ3n) is 2.53. The Hall–Kier alpha value is -1.56. The van der Waals surface area contributed by atoms with Gasteiger partial charge in [0.1, 0.15) is 5.82 Å². The number of nitrogens with zero attached hydrogens (tertiary/aromatic N) is 2. The molecular formula is C12H12ClFN4. The molecule has 1 atom stereocenters. The lowest BCUT2D eigenvalue weighted by Crippen LogP contribution is -2.30. The lowest BCUT2D eigenvalue weighted by molar-refractivity contribution is 0.596. The fourth-order valence-corrected chi connectivity index (χ4v) is 1.85.